The van der Waals surface area contributed by atoms with Gasteiger partial charge in [-0.05, 0) is 25.7 Å². The van der Waals surface area contributed by atoms with Crippen molar-refractivity contribution in [2.24, 2.45) is 5.92 Å². The van der Waals surface area contributed by atoms with Gasteiger partial charge < -0.3 is 14.6 Å². The molecule has 0 aliphatic rings. The zero-order valence-corrected chi connectivity index (χ0v) is 42.6. The average Bonchev–Trinajstić information content (AvgIpc) is 3.27. The Bertz CT molecular complexity index is 886. The number of aliphatic carboxylic acids is 1. The molecule has 0 rings (SSSR count). The van der Waals surface area contributed by atoms with E-state index in [2.05, 4.69) is 13.8 Å². The van der Waals surface area contributed by atoms with Crippen LogP contribution in [0.2, 0.25) is 0 Å². The molecule has 0 aromatic carbocycles. The first-order valence-corrected chi connectivity index (χ1v) is 28.5. The van der Waals surface area contributed by atoms with E-state index in [0.29, 0.717) is 32.5 Å². The number of carbonyl (C=O) groups excluding carboxylic acids is 2. The van der Waals surface area contributed by atoms with Crippen molar-refractivity contribution in [3.05, 3.63) is 0 Å². The number of unbranched alkanes of at least 4 members (excludes halogenated alkanes) is 42. The van der Waals surface area contributed by atoms with Gasteiger partial charge in [0.2, 0.25) is 0 Å². The third-order valence-electron chi connectivity index (χ3n) is 13.4. The second-order valence-corrected chi connectivity index (χ2v) is 19.9. The van der Waals surface area contributed by atoms with Gasteiger partial charge in [-0.2, -0.15) is 0 Å². The lowest BCUT2D eigenvalue weighted by Gasteiger charge is -2.17. The maximum absolute atomic E-state index is 12.7. The molecule has 0 aliphatic heterocycles. The molecule has 0 aromatic heterocycles. The molecule has 0 aliphatic carbocycles. The highest BCUT2D eigenvalue weighted by atomic mass is 16.5. The van der Waals surface area contributed by atoms with Crippen LogP contribution >= 0.6 is 0 Å². The summed E-state index contributed by atoms with van der Waals surface area (Å²) < 4.78 is 11.6. The van der Waals surface area contributed by atoms with E-state index in [4.69, 9.17) is 14.6 Å². The van der Waals surface area contributed by atoms with Crippen LogP contribution in [-0.2, 0) is 23.9 Å². The molecule has 6 nitrogen and oxygen atoms in total. The zero-order valence-electron chi connectivity index (χ0n) is 42.6. The number of carbonyl (C=O) groups is 3. The fourth-order valence-corrected chi connectivity index (χ4v) is 9.07. The molecule has 0 radical (unpaired) electrons. The summed E-state index contributed by atoms with van der Waals surface area (Å²) in [6.07, 6.45) is 60.0. The Labute approximate surface area is 393 Å². The standard InChI is InChI=1S/C57H110O6/c1-3-5-7-9-11-13-15-17-20-26-30-34-38-42-46-50-56(60)62-52-54(48-44-40-36-32-28-24-22-19-23-25-29-33-37-41-45-49-55(58)59)53-63-57(61)51-47-43-39-35-31-27-21-18-16-14-12-10-8-6-4-2/h54H,3-53H2,1-2H3,(H,58,59). The summed E-state index contributed by atoms with van der Waals surface area (Å²) in [4.78, 5) is 36.0. The zero-order chi connectivity index (χ0) is 45.8. The molecule has 0 fully saturated rings. The summed E-state index contributed by atoms with van der Waals surface area (Å²) in [7, 11) is 0. The van der Waals surface area contributed by atoms with Crippen LogP contribution in [-0.4, -0.2) is 36.2 Å². The summed E-state index contributed by atoms with van der Waals surface area (Å²) in [6, 6.07) is 0. The van der Waals surface area contributed by atoms with Crippen LogP contribution in [0.15, 0.2) is 0 Å². The molecule has 0 spiro atoms. The van der Waals surface area contributed by atoms with E-state index in [1.54, 1.807) is 0 Å². The summed E-state index contributed by atoms with van der Waals surface area (Å²) in [6.45, 7) is 5.31. The van der Waals surface area contributed by atoms with Gasteiger partial charge in [0, 0.05) is 25.2 Å². The number of ether oxygens (including phenoxy) is 2. The Kier molecular flexibility index (Phi) is 51.7. The van der Waals surface area contributed by atoms with Crippen molar-refractivity contribution in [3.63, 3.8) is 0 Å². The van der Waals surface area contributed by atoms with Gasteiger partial charge in [0.05, 0.1) is 13.2 Å². The molecule has 374 valence electrons. The summed E-state index contributed by atoms with van der Waals surface area (Å²) >= 11 is 0. The first kappa shape index (κ1) is 61.4. The van der Waals surface area contributed by atoms with Crippen molar-refractivity contribution in [2.75, 3.05) is 13.2 Å². The van der Waals surface area contributed by atoms with Crippen molar-refractivity contribution in [2.45, 2.75) is 328 Å². The van der Waals surface area contributed by atoms with E-state index in [1.807, 2.05) is 0 Å². The van der Waals surface area contributed by atoms with E-state index in [9.17, 15) is 14.4 Å². The highest BCUT2D eigenvalue weighted by Gasteiger charge is 2.15. The molecule has 1 N–H and O–H groups in total. The SMILES string of the molecule is CCCCCCCCCCCCCCCCCC(=O)OCC(CCCCCCCCCCCCCCCCCC(=O)O)COC(=O)CCCCCCCCCCCCCCCCC. The topological polar surface area (TPSA) is 89.9 Å². The van der Waals surface area contributed by atoms with Crippen molar-refractivity contribution in [1.29, 1.82) is 0 Å². The molecule has 0 saturated heterocycles. The largest absolute Gasteiger partial charge is 0.481 e. The fourth-order valence-electron chi connectivity index (χ4n) is 9.07. The summed E-state index contributed by atoms with van der Waals surface area (Å²) in [5, 5.41) is 8.73. The minimum atomic E-state index is -0.673. The molecule has 0 saturated carbocycles. The lowest BCUT2D eigenvalue weighted by Crippen LogP contribution is -2.21. The molecule has 6 heteroatoms. The predicted octanol–water partition coefficient (Wildman–Crippen LogP) is 18.9. The minimum absolute atomic E-state index is 0.0877. The maximum atomic E-state index is 12.7. The van der Waals surface area contributed by atoms with Gasteiger partial charge in [0.1, 0.15) is 0 Å². The van der Waals surface area contributed by atoms with Crippen LogP contribution in [0.4, 0.5) is 0 Å². The average molecular weight is 892 g/mol. The third-order valence-corrected chi connectivity index (χ3v) is 13.4. The van der Waals surface area contributed by atoms with Gasteiger partial charge in [-0.3, -0.25) is 14.4 Å². The first-order valence-electron chi connectivity index (χ1n) is 28.5. The summed E-state index contributed by atoms with van der Waals surface area (Å²) in [5.41, 5.74) is 0. The van der Waals surface area contributed by atoms with Crippen LogP contribution in [0.25, 0.3) is 0 Å². The quantitative estimate of drug-likeness (QED) is 0.0483. The lowest BCUT2D eigenvalue weighted by molar-refractivity contribution is -0.149. The second kappa shape index (κ2) is 53.0. The third kappa shape index (κ3) is 52.9. The van der Waals surface area contributed by atoms with Crippen LogP contribution in [0.5, 0.6) is 0 Å². The van der Waals surface area contributed by atoms with Gasteiger partial charge in [-0.25, -0.2) is 0 Å². The number of esters is 2. The monoisotopic (exact) mass is 891 g/mol. The van der Waals surface area contributed by atoms with E-state index in [0.717, 1.165) is 51.4 Å². The Morgan fingerprint density at radius 2 is 0.508 bits per heavy atom. The number of carboxylic acid groups (broad SMARTS) is 1. The normalized spacial score (nSPS) is 11.5. The first-order chi connectivity index (χ1) is 31.0. The number of carboxylic acids is 1. The highest BCUT2D eigenvalue weighted by Crippen LogP contribution is 2.19. The van der Waals surface area contributed by atoms with E-state index < -0.39 is 5.97 Å². The summed E-state index contributed by atoms with van der Waals surface area (Å²) in [5.74, 6) is -0.767. The number of hydrogen-bond acceptors (Lipinski definition) is 5. The Balaban J connectivity index is 4.19. The Morgan fingerprint density at radius 3 is 0.746 bits per heavy atom. The molecule has 0 heterocycles. The predicted molar refractivity (Wildman–Crippen MR) is 271 cm³/mol. The van der Waals surface area contributed by atoms with E-state index in [1.165, 1.54) is 244 Å². The van der Waals surface area contributed by atoms with Gasteiger partial charge in [-0.1, -0.05) is 284 Å². The second-order valence-electron chi connectivity index (χ2n) is 19.9. The van der Waals surface area contributed by atoms with Gasteiger partial charge in [0.15, 0.2) is 0 Å². The molecule has 0 aromatic rings. The molecular formula is C57H110O6. The molecule has 0 atom stereocenters. The minimum Gasteiger partial charge on any atom is -0.481 e. The number of rotatable bonds is 54. The van der Waals surface area contributed by atoms with Crippen LogP contribution in [0, 0.1) is 5.92 Å². The number of hydrogen-bond donors (Lipinski definition) is 1. The molecule has 0 amide bonds. The molecular weight excluding hydrogens is 781 g/mol. The van der Waals surface area contributed by atoms with Gasteiger partial charge >= 0.3 is 17.9 Å². The van der Waals surface area contributed by atoms with Crippen LogP contribution < -0.4 is 0 Å². The molecule has 0 unspecified atom stereocenters. The van der Waals surface area contributed by atoms with Crippen molar-refractivity contribution in [1.82, 2.24) is 0 Å². The van der Waals surface area contributed by atoms with E-state index >= 15 is 0 Å². The highest BCUT2D eigenvalue weighted by molar-refractivity contribution is 5.69. The van der Waals surface area contributed by atoms with Gasteiger partial charge in [0.25, 0.3) is 0 Å². The molecule has 63 heavy (non-hydrogen) atoms. The Hall–Kier alpha value is -1.59. The van der Waals surface area contributed by atoms with Gasteiger partial charge in [-0.15, -0.1) is 0 Å². The van der Waals surface area contributed by atoms with E-state index in [-0.39, 0.29) is 17.9 Å². The van der Waals surface area contributed by atoms with Crippen molar-refractivity contribution in [3.8, 4) is 0 Å². The maximum Gasteiger partial charge on any atom is 0.305 e. The smallest absolute Gasteiger partial charge is 0.305 e. The Morgan fingerprint density at radius 1 is 0.302 bits per heavy atom. The van der Waals surface area contributed by atoms with Crippen molar-refractivity contribution >= 4 is 17.9 Å². The lowest BCUT2D eigenvalue weighted by atomic mass is 10.0. The van der Waals surface area contributed by atoms with Crippen LogP contribution in [0.1, 0.15) is 328 Å². The molecule has 0 bridgehead atoms. The fraction of sp³-hybridized carbons (Fsp3) is 0.947. The van der Waals surface area contributed by atoms with Crippen molar-refractivity contribution < 1.29 is 29.0 Å². The van der Waals surface area contributed by atoms with Crippen LogP contribution in [0.3, 0.4) is 0 Å².